The van der Waals surface area contributed by atoms with Crippen LogP contribution in [0.5, 0.6) is 0 Å². The largest absolute Gasteiger partial charge is 0.424 e. The van der Waals surface area contributed by atoms with Crippen molar-refractivity contribution in [1.82, 2.24) is 10.2 Å². The van der Waals surface area contributed by atoms with Crippen molar-refractivity contribution in [3.8, 4) is 11.1 Å². The Bertz CT molecular complexity index is 1670. The molecule has 1 fully saturated rings. The summed E-state index contributed by atoms with van der Waals surface area (Å²) in [5, 5.41) is 11.8. The van der Waals surface area contributed by atoms with E-state index in [-0.39, 0.29) is 5.82 Å². The predicted molar refractivity (Wildman–Crippen MR) is 164 cm³/mol. The van der Waals surface area contributed by atoms with Crippen LogP contribution >= 0.6 is 11.6 Å². The number of aromatic nitrogens is 2. The molecule has 1 aliphatic carbocycles. The van der Waals surface area contributed by atoms with Gasteiger partial charge >= 0.3 is 0 Å². The van der Waals surface area contributed by atoms with Crippen LogP contribution in [0.1, 0.15) is 43.9 Å². The Morgan fingerprint density at radius 3 is 2.12 bits per heavy atom. The van der Waals surface area contributed by atoms with E-state index in [4.69, 9.17) is 17.3 Å². The second kappa shape index (κ2) is 10.1. The highest BCUT2D eigenvalue weighted by molar-refractivity contribution is 6.98. The first-order chi connectivity index (χ1) is 19.2. The molecule has 0 unspecified atom stereocenters. The minimum Gasteiger partial charge on any atom is -0.424 e. The fourth-order valence-corrected chi connectivity index (χ4v) is 9.94. The number of anilines is 1. The van der Waals surface area contributed by atoms with Crippen molar-refractivity contribution in [3.63, 3.8) is 0 Å². The molecule has 0 saturated heterocycles. The van der Waals surface area contributed by atoms with Crippen molar-refractivity contribution < 1.29 is 9.19 Å². The maximum atomic E-state index is 15.8. The van der Waals surface area contributed by atoms with Crippen LogP contribution < -0.4 is 16.1 Å². The zero-order valence-electron chi connectivity index (χ0n) is 22.5. The third kappa shape index (κ3) is 4.50. The summed E-state index contributed by atoms with van der Waals surface area (Å²) in [6.07, 6.45) is 2.53. The van der Waals surface area contributed by atoms with Crippen LogP contribution in [0.25, 0.3) is 21.9 Å². The third-order valence-corrected chi connectivity index (χ3v) is 13.0. The standard InChI is InChI=1S/C33H31ClFN3OSi/c1-33(2,40(39,23-11-5-3-6-12-23)24-13-7-4-8-14-24)20-22-10-9-15-29(35)30(22)27-18-25-26(19-28(27)34)32(36)38-37-31(25)21-16-17-21/h3-15,18-19,21,39H,16-17,20H2,1-2H3,(H2,36,38). The van der Waals surface area contributed by atoms with Crippen molar-refractivity contribution in [2.24, 2.45) is 0 Å². The molecule has 1 aliphatic rings. The average molecular weight is 568 g/mol. The molecule has 40 heavy (non-hydrogen) atoms. The highest BCUT2D eigenvalue weighted by Crippen LogP contribution is 2.46. The fourth-order valence-electron chi connectivity index (χ4n) is 5.99. The van der Waals surface area contributed by atoms with Gasteiger partial charge in [0, 0.05) is 32.8 Å². The van der Waals surface area contributed by atoms with E-state index >= 15 is 4.39 Å². The first kappa shape index (κ1) is 26.6. The van der Waals surface area contributed by atoms with E-state index in [1.165, 1.54) is 6.07 Å². The van der Waals surface area contributed by atoms with Gasteiger partial charge in [0.1, 0.15) is 5.82 Å². The number of nitrogen functional groups attached to an aromatic ring is 1. The second-order valence-corrected chi connectivity index (χ2v) is 15.7. The molecule has 6 rings (SSSR count). The topological polar surface area (TPSA) is 72.0 Å². The summed E-state index contributed by atoms with van der Waals surface area (Å²) in [6, 6.07) is 28.6. The Morgan fingerprint density at radius 2 is 1.52 bits per heavy atom. The maximum Gasteiger partial charge on any atom is 0.258 e. The first-order valence-electron chi connectivity index (χ1n) is 13.6. The first-order valence-corrected chi connectivity index (χ1v) is 15.9. The van der Waals surface area contributed by atoms with E-state index in [0.29, 0.717) is 34.3 Å². The minimum absolute atomic E-state index is 0.310. The molecule has 1 heterocycles. The van der Waals surface area contributed by atoms with Gasteiger partial charge in [-0.1, -0.05) is 98.2 Å². The third-order valence-electron chi connectivity index (χ3n) is 8.25. The number of benzene rings is 4. The summed E-state index contributed by atoms with van der Waals surface area (Å²) in [5.74, 6) is 0.285. The van der Waals surface area contributed by atoms with Gasteiger partial charge in [-0.3, -0.25) is 0 Å². The number of hydrogen-bond donors (Lipinski definition) is 2. The van der Waals surface area contributed by atoms with E-state index in [0.717, 1.165) is 45.2 Å². The highest BCUT2D eigenvalue weighted by atomic mass is 35.5. The zero-order chi connectivity index (χ0) is 28.1. The molecule has 0 spiro atoms. The summed E-state index contributed by atoms with van der Waals surface area (Å²) < 4.78 is 15.8. The number of rotatable bonds is 7. The van der Waals surface area contributed by atoms with Crippen LogP contribution in [0.15, 0.2) is 91.0 Å². The van der Waals surface area contributed by atoms with Gasteiger partial charge in [0.25, 0.3) is 8.32 Å². The van der Waals surface area contributed by atoms with E-state index in [2.05, 4.69) is 24.0 Å². The van der Waals surface area contributed by atoms with E-state index < -0.39 is 13.4 Å². The molecule has 1 saturated carbocycles. The lowest BCUT2D eigenvalue weighted by molar-refractivity contribution is 0.483. The molecule has 1 aromatic heterocycles. The van der Waals surface area contributed by atoms with Gasteiger partial charge in [-0.25, -0.2) is 4.39 Å². The lowest BCUT2D eigenvalue weighted by Gasteiger charge is -2.41. The van der Waals surface area contributed by atoms with Gasteiger partial charge in [-0.2, -0.15) is 5.10 Å². The molecule has 0 bridgehead atoms. The Hall–Kier alpha value is -3.58. The lowest BCUT2D eigenvalue weighted by Crippen LogP contribution is -2.65. The number of fused-ring (bicyclic) bond motifs is 1. The van der Waals surface area contributed by atoms with E-state index in [1.54, 1.807) is 12.1 Å². The van der Waals surface area contributed by atoms with Crippen molar-refractivity contribution in [2.45, 2.75) is 44.1 Å². The van der Waals surface area contributed by atoms with Crippen molar-refractivity contribution in [1.29, 1.82) is 0 Å². The monoisotopic (exact) mass is 567 g/mol. The Labute approximate surface area is 239 Å². The van der Waals surface area contributed by atoms with Crippen LogP contribution in [0.3, 0.4) is 0 Å². The molecule has 0 atom stereocenters. The molecule has 7 heteroatoms. The average Bonchev–Trinajstić information content (AvgIpc) is 3.79. The van der Waals surface area contributed by atoms with Gasteiger partial charge in [-0.05, 0) is 58.4 Å². The van der Waals surface area contributed by atoms with E-state index in [1.807, 2.05) is 72.8 Å². The van der Waals surface area contributed by atoms with Crippen molar-refractivity contribution in [3.05, 3.63) is 113 Å². The fraction of sp³-hybridized carbons (Fsp3) is 0.212. The van der Waals surface area contributed by atoms with Gasteiger partial charge in [-0.15, -0.1) is 5.10 Å². The smallest absolute Gasteiger partial charge is 0.258 e. The maximum absolute atomic E-state index is 15.8. The number of halogens is 2. The molecule has 5 aromatic rings. The SMILES string of the molecule is CC(C)(Cc1cccc(F)c1-c1cc2c(C3CC3)nnc(N)c2cc1Cl)[Si](O)(c1ccccc1)c1ccccc1. The number of nitrogens with two attached hydrogens (primary N) is 1. The summed E-state index contributed by atoms with van der Waals surface area (Å²) in [6.45, 7) is 4.16. The van der Waals surface area contributed by atoms with Gasteiger partial charge in [0.15, 0.2) is 5.82 Å². The highest BCUT2D eigenvalue weighted by Gasteiger charge is 2.50. The van der Waals surface area contributed by atoms with E-state index in [9.17, 15) is 4.80 Å². The van der Waals surface area contributed by atoms with Gasteiger partial charge in [0.2, 0.25) is 0 Å². The lowest BCUT2D eigenvalue weighted by atomic mass is 9.91. The van der Waals surface area contributed by atoms with Crippen LogP contribution in [0.4, 0.5) is 10.2 Å². The van der Waals surface area contributed by atoms with Crippen LogP contribution in [0.2, 0.25) is 10.1 Å². The molecule has 0 radical (unpaired) electrons. The Kier molecular flexibility index (Phi) is 6.73. The predicted octanol–water partition coefficient (Wildman–Crippen LogP) is 6.62. The quantitative estimate of drug-likeness (QED) is 0.217. The Morgan fingerprint density at radius 1 is 0.900 bits per heavy atom. The normalized spacial score (nSPS) is 14.0. The molecule has 0 amide bonds. The second-order valence-electron chi connectivity index (χ2n) is 11.4. The molecule has 3 N–H and O–H groups in total. The van der Waals surface area contributed by atoms with Crippen LogP contribution in [0, 0.1) is 5.82 Å². The molecule has 0 aliphatic heterocycles. The summed E-state index contributed by atoms with van der Waals surface area (Å²) >= 11 is 6.84. The minimum atomic E-state index is -3.32. The molecular formula is C33H31ClFN3OSi. The van der Waals surface area contributed by atoms with Crippen molar-refractivity contribution >= 4 is 46.9 Å². The number of hydrogen-bond acceptors (Lipinski definition) is 4. The molecular weight excluding hydrogens is 537 g/mol. The summed E-state index contributed by atoms with van der Waals surface area (Å²) in [4.78, 5) is 12.7. The van der Waals surface area contributed by atoms with Crippen molar-refractivity contribution in [2.75, 3.05) is 5.73 Å². The van der Waals surface area contributed by atoms with Gasteiger partial charge in [0.05, 0.1) is 5.69 Å². The summed E-state index contributed by atoms with van der Waals surface area (Å²) in [5.41, 5.74) is 8.88. The molecule has 4 aromatic carbocycles. The zero-order valence-corrected chi connectivity index (χ0v) is 24.3. The van der Waals surface area contributed by atoms with Crippen LogP contribution in [-0.4, -0.2) is 23.3 Å². The van der Waals surface area contributed by atoms with Gasteiger partial charge < -0.3 is 10.5 Å². The summed E-state index contributed by atoms with van der Waals surface area (Å²) in [7, 11) is -3.32. The molecule has 202 valence electrons. The Balaban J connectivity index is 1.51. The van der Waals surface area contributed by atoms with Crippen LogP contribution in [-0.2, 0) is 6.42 Å². The molecule has 4 nitrogen and oxygen atoms in total. The number of nitrogens with zero attached hydrogens (tertiary/aromatic N) is 2.